The summed E-state index contributed by atoms with van der Waals surface area (Å²) in [5.74, 6) is -1.02. The summed E-state index contributed by atoms with van der Waals surface area (Å²) in [6, 6.07) is 11.0. The lowest BCUT2D eigenvalue weighted by molar-refractivity contribution is -0.136. The maximum absolute atomic E-state index is 13.0. The van der Waals surface area contributed by atoms with E-state index in [0.717, 1.165) is 12.1 Å². The Morgan fingerprint density at radius 3 is 2.42 bits per heavy atom. The van der Waals surface area contributed by atoms with Gasteiger partial charge in [-0.3, -0.25) is 4.79 Å². The van der Waals surface area contributed by atoms with Crippen molar-refractivity contribution in [2.45, 2.75) is 6.18 Å². The fourth-order valence-electron chi connectivity index (χ4n) is 2.24. The minimum absolute atomic E-state index is 0.116. The summed E-state index contributed by atoms with van der Waals surface area (Å²) >= 11 is 5.80. The van der Waals surface area contributed by atoms with Gasteiger partial charge in [0.25, 0.3) is 5.91 Å². The molecule has 0 unspecified atom stereocenters. The van der Waals surface area contributed by atoms with Gasteiger partial charge in [-0.05, 0) is 36.4 Å². The highest BCUT2D eigenvalue weighted by atomic mass is 35.5. The predicted molar refractivity (Wildman–Crippen MR) is 90.2 cm³/mol. The van der Waals surface area contributed by atoms with Gasteiger partial charge in [0.15, 0.2) is 11.5 Å². The lowest BCUT2D eigenvalue weighted by atomic mass is 10.1. The molecule has 0 radical (unpaired) electrons. The number of rotatable bonds is 3. The minimum Gasteiger partial charge on any atom is -0.382 e. The van der Waals surface area contributed by atoms with Crippen LogP contribution in [0.4, 0.5) is 24.7 Å². The molecule has 3 N–H and O–H groups in total. The number of nitrogens with one attached hydrogen (secondary N) is 1. The molecular formula is C16H11ClF3N5O. The average molecular weight is 382 g/mol. The minimum atomic E-state index is -4.61. The van der Waals surface area contributed by atoms with Crippen molar-refractivity contribution in [3.8, 4) is 5.69 Å². The van der Waals surface area contributed by atoms with Gasteiger partial charge in [0.05, 0.1) is 16.9 Å². The highest BCUT2D eigenvalue weighted by Crippen LogP contribution is 2.34. The molecule has 3 rings (SSSR count). The van der Waals surface area contributed by atoms with Crippen molar-refractivity contribution in [1.82, 2.24) is 15.0 Å². The Bertz CT molecular complexity index is 953. The SMILES string of the molecule is Nc1c(C(=O)Nc2ccccc2C(F)(F)F)nnn1-c1ccc(Cl)cc1. The number of anilines is 2. The summed E-state index contributed by atoms with van der Waals surface area (Å²) in [7, 11) is 0. The zero-order valence-corrected chi connectivity index (χ0v) is 13.7. The first-order valence-corrected chi connectivity index (χ1v) is 7.60. The Morgan fingerprint density at radius 1 is 1.12 bits per heavy atom. The van der Waals surface area contributed by atoms with Crippen LogP contribution in [0.5, 0.6) is 0 Å². The van der Waals surface area contributed by atoms with Gasteiger partial charge in [0.1, 0.15) is 0 Å². The van der Waals surface area contributed by atoms with Crippen molar-refractivity contribution in [1.29, 1.82) is 0 Å². The molecule has 0 fully saturated rings. The molecule has 0 aliphatic carbocycles. The molecule has 0 atom stereocenters. The Kier molecular flexibility index (Phi) is 4.56. The Hall–Kier alpha value is -3.07. The lowest BCUT2D eigenvalue weighted by Crippen LogP contribution is -2.18. The van der Waals surface area contributed by atoms with Crippen LogP contribution in [0.3, 0.4) is 0 Å². The van der Waals surface area contributed by atoms with Crippen LogP contribution in [-0.4, -0.2) is 20.9 Å². The van der Waals surface area contributed by atoms with Gasteiger partial charge in [-0.1, -0.05) is 28.9 Å². The number of aromatic nitrogens is 3. The van der Waals surface area contributed by atoms with Gasteiger partial charge in [0.2, 0.25) is 0 Å². The molecule has 3 aromatic rings. The van der Waals surface area contributed by atoms with Crippen molar-refractivity contribution >= 4 is 29.0 Å². The molecular weight excluding hydrogens is 371 g/mol. The summed E-state index contributed by atoms with van der Waals surface area (Å²) in [6.07, 6.45) is -4.61. The van der Waals surface area contributed by atoms with Crippen LogP contribution in [-0.2, 0) is 6.18 Å². The van der Waals surface area contributed by atoms with E-state index in [1.54, 1.807) is 24.3 Å². The van der Waals surface area contributed by atoms with E-state index >= 15 is 0 Å². The van der Waals surface area contributed by atoms with Crippen molar-refractivity contribution in [3.63, 3.8) is 0 Å². The van der Waals surface area contributed by atoms with Crippen LogP contribution in [0.15, 0.2) is 48.5 Å². The van der Waals surface area contributed by atoms with E-state index in [2.05, 4.69) is 15.6 Å². The number of nitrogens with zero attached hydrogens (tertiary/aromatic N) is 3. The van der Waals surface area contributed by atoms with E-state index in [0.29, 0.717) is 10.7 Å². The first-order chi connectivity index (χ1) is 12.3. The molecule has 1 aromatic heterocycles. The maximum Gasteiger partial charge on any atom is 0.418 e. The van der Waals surface area contributed by atoms with Crippen LogP contribution in [0.25, 0.3) is 5.69 Å². The molecule has 6 nitrogen and oxygen atoms in total. The highest BCUT2D eigenvalue weighted by Gasteiger charge is 2.34. The molecule has 10 heteroatoms. The molecule has 0 saturated heterocycles. The molecule has 0 spiro atoms. The van der Waals surface area contributed by atoms with Gasteiger partial charge in [0, 0.05) is 5.02 Å². The summed E-state index contributed by atoms with van der Waals surface area (Å²) in [5.41, 5.74) is 4.70. The predicted octanol–water partition coefficient (Wildman–Crippen LogP) is 3.77. The second-order valence-corrected chi connectivity index (χ2v) is 5.65. The van der Waals surface area contributed by atoms with Crippen molar-refractivity contribution in [2.75, 3.05) is 11.1 Å². The summed E-state index contributed by atoms with van der Waals surface area (Å²) in [5, 5.41) is 10.1. The molecule has 134 valence electrons. The first-order valence-electron chi connectivity index (χ1n) is 7.22. The van der Waals surface area contributed by atoms with E-state index < -0.39 is 23.3 Å². The number of nitrogen functional groups attached to an aromatic ring is 1. The Morgan fingerprint density at radius 2 is 1.77 bits per heavy atom. The zero-order chi connectivity index (χ0) is 18.9. The number of hydrogen-bond acceptors (Lipinski definition) is 4. The molecule has 1 amide bonds. The van der Waals surface area contributed by atoms with Gasteiger partial charge < -0.3 is 11.1 Å². The van der Waals surface area contributed by atoms with Crippen LogP contribution in [0.2, 0.25) is 5.02 Å². The third-order valence-corrected chi connectivity index (χ3v) is 3.72. The van der Waals surface area contributed by atoms with Gasteiger partial charge in [-0.2, -0.15) is 17.9 Å². The van der Waals surface area contributed by atoms with Gasteiger partial charge in [-0.15, -0.1) is 5.10 Å². The number of nitrogens with two attached hydrogens (primary N) is 1. The molecule has 1 heterocycles. The number of alkyl halides is 3. The maximum atomic E-state index is 13.0. The van der Waals surface area contributed by atoms with Crippen LogP contribution < -0.4 is 11.1 Å². The fraction of sp³-hybridized carbons (Fsp3) is 0.0625. The highest BCUT2D eigenvalue weighted by molar-refractivity contribution is 6.30. The van der Waals surface area contributed by atoms with E-state index in [1.807, 2.05) is 0 Å². The van der Waals surface area contributed by atoms with E-state index in [9.17, 15) is 18.0 Å². The summed E-state index contributed by atoms with van der Waals surface area (Å²) in [4.78, 5) is 12.3. The number of hydrogen-bond donors (Lipinski definition) is 2. The molecule has 0 aliphatic heterocycles. The van der Waals surface area contributed by atoms with Crippen molar-refractivity contribution in [2.24, 2.45) is 0 Å². The number of halogens is 4. The van der Waals surface area contributed by atoms with E-state index in [4.69, 9.17) is 17.3 Å². The molecule has 0 bridgehead atoms. The third-order valence-electron chi connectivity index (χ3n) is 3.47. The number of amides is 1. The second kappa shape index (κ2) is 6.68. The van der Waals surface area contributed by atoms with Crippen LogP contribution >= 0.6 is 11.6 Å². The van der Waals surface area contributed by atoms with E-state index in [1.165, 1.54) is 16.8 Å². The molecule has 2 aromatic carbocycles. The molecule has 26 heavy (non-hydrogen) atoms. The van der Waals surface area contributed by atoms with Crippen LogP contribution in [0, 0.1) is 0 Å². The Labute approximate surface area is 150 Å². The fourth-order valence-corrected chi connectivity index (χ4v) is 2.37. The molecule has 0 saturated carbocycles. The largest absolute Gasteiger partial charge is 0.418 e. The van der Waals surface area contributed by atoms with Gasteiger partial charge in [-0.25, -0.2) is 0 Å². The second-order valence-electron chi connectivity index (χ2n) is 5.21. The van der Waals surface area contributed by atoms with Crippen molar-refractivity contribution < 1.29 is 18.0 Å². The first kappa shape index (κ1) is 17.7. The number of benzene rings is 2. The topological polar surface area (TPSA) is 85.8 Å². The monoisotopic (exact) mass is 381 g/mol. The average Bonchev–Trinajstić information content (AvgIpc) is 2.97. The van der Waals surface area contributed by atoms with E-state index in [-0.39, 0.29) is 11.5 Å². The smallest absolute Gasteiger partial charge is 0.382 e. The Balaban J connectivity index is 1.90. The van der Waals surface area contributed by atoms with Crippen molar-refractivity contribution in [3.05, 3.63) is 64.8 Å². The third kappa shape index (κ3) is 3.47. The van der Waals surface area contributed by atoms with Crippen LogP contribution in [0.1, 0.15) is 16.1 Å². The number of carbonyl (C=O) groups excluding carboxylic acids is 1. The zero-order valence-electron chi connectivity index (χ0n) is 13.0. The number of carbonyl (C=O) groups is 1. The normalized spacial score (nSPS) is 11.4. The summed E-state index contributed by atoms with van der Waals surface area (Å²) < 4.78 is 40.2. The number of para-hydroxylation sites is 1. The quantitative estimate of drug-likeness (QED) is 0.723. The summed E-state index contributed by atoms with van der Waals surface area (Å²) in [6.45, 7) is 0. The molecule has 0 aliphatic rings. The lowest BCUT2D eigenvalue weighted by Gasteiger charge is -2.12. The van der Waals surface area contributed by atoms with Gasteiger partial charge >= 0.3 is 6.18 Å². The standard InChI is InChI=1S/C16H11ClF3N5O/c17-9-5-7-10(8-6-9)25-14(21)13(23-24-25)15(26)22-12-4-2-1-3-11(12)16(18,19)20/h1-8H,21H2,(H,22,26).